The van der Waals surface area contributed by atoms with Gasteiger partial charge in [0.25, 0.3) is 5.91 Å². The Balaban J connectivity index is 1.80. The highest BCUT2D eigenvalue weighted by Crippen LogP contribution is 2.24. The summed E-state index contributed by atoms with van der Waals surface area (Å²) in [6.45, 7) is 5.56. The molecule has 136 valence electrons. The first kappa shape index (κ1) is 18.3. The van der Waals surface area contributed by atoms with E-state index in [1.807, 2.05) is 38.1 Å². The van der Waals surface area contributed by atoms with Crippen LogP contribution in [0.25, 0.3) is 0 Å². The van der Waals surface area contributed by atoms with Crippen molar-refractivity contribution in [1.29, 1.82) is 0 Å². The van der Waals surface area contributed by atoms with Crippen LogP contribution in [-0.4, -0.2) is 16.7 Å². The maximum absolute atomic E-state index is 12.5. The van der Waals surface area contributed by atoms with Gasteiger partial charge in [0.1, 0.15) is 5.69 Å². The standard InChI is InChI=1S/C22H21N3O2/c1-14-6-4-7-15(2)21(14)24-19-10-11-23-20(13-19)22(27)25-18-9-5-8-17(12-18)16(3)26/h4-13H,1-3H3,(H,23,24)(H,25,27). The summed E-state index contributed by atoms with van der Waals surface area (Å²) in [7, 11) is 0. The third-order valence-electron chi connectivity index (χ3n) is 4.27. The van der Waals surface area contributed by atoms with Gasteiger partial charge in [0.15, 0.2) is 5.78 Å². The number of nitrogens with one attached hydrogen (secondary N) is 2. The van der Waals surface area contributed by atoms with Gasteiger partial charge < -0.3 is 10.6 Å². The Morgan fingerprint density at radius 3 is 2.30 bits per heavy atom. The Kier molecular flexibility index (Phi) is 5.31. The topological polar surface area (TPSA) is 71.1 Å². The van der Waals surface area contributed by atoms with Crippen LogP contribution in [0.3, 0.4) is 0 Å². The molecule has 1 amide bonds. The van der Waals surface area contributed by atoms with Crippen molar-refractivity contribution in [3.63, 3.8) is 0 Å². The fourth-order valence-corrected chi connectivity index (χ4v) is 2.80. The molecule has 0 bridgehead atoms. The lowest BCUT2D eigenvalue weighted by molar-refractivity contribution is 0.100. The number of benzene rings is 2. The second kappa shape index (κ2) is 7.83. The van der Waals surface area contributed by atoms with Crippen molar-refractivity contribution in [2.75, 3.05) is 10.6 Å². The number of ketones is 1. The molecule has 5 heteroatoms. The molecule has 0 aliphatic carbocycles. The van der Waals surface area contributed by atoms with Gasteiger partial charge in [-0.1, -0.05) is 30.3 Å². The second-order valence-electron chi connectivity index (χ2n) is 6.41. The van der Waals surface area contributed by atoms with Crippen molar-refractivity contribution < 1.29 is 9.59 Å². The van der Waals surface area contributed by atoms with E-state index >= 15 is 0 Å². The van der Waals surface area contributed by atoms with E-state index in [1.165, 1.54) is 6.92 Å². The van der Waals surface area contributed by atoms with Crippen molar-refractivity contribution in [2.45, 2.75) is 20.8 Å². The van der Waals surface area contributed by atoms with Crippen LogP contribution in [0.2, 0.25) is 0 Å². The molecule has 3 aromatic rings. The highest BCUT2D eigenvalue weighted by molar-refractivity contribution is 6.04. The number of nitrogens with zero attached hydrogens (tertiary/aromatic N) is 1. The number of amides is 1. The van der Waals surface area contributed by atoms with Crippen molar-refractivity contribution >= 4 is 28.8 Å². The van der Waals surface area contributed by atoms with Crippen LogP contribution >= 0.6 is 0 Å². The Bertz CT molecular complexity index is 992. The number of aromatic nitrogens is 1. The molecule has 0 radical (unpaired) electrons. The molecule has 0 aliphatic heterocycles. The average Bonchev–Trinajstić information content (AvgIpc) is 2.65. The van der Waals surface area contributed by atoms with E-state index in [-0.39, 0.29) is 11.7 Å². The summed E-state index contributed by atoms with van der Waals surface area (Å²) in [6, 6.07) is 16.4. The van der Waals surface area contributed by atoms with E-state index in [0.29, 0.717) is 16.9 Å². The summed E-state index contributed by atoms with van der Waals surface area (Å²) in [5.74, 6) is -0.384. The molecule has 2 N–H and O–H groups in total. The first-order chi connectivity index (χ1) is 12.9. The molecular formula is C22H21N3O2. The van der Waals surface area contributed by atoms with Crippen LogP contribution in [-0.2, 0) is 0 Å². The number of rotatable bonds is 5. The van der Waals surface area contributed by atoms with Gasteiger partial charge in [0.05, 0.1) is 0 Å². The predicted molar refractivity (Wildman–Crippen MR) is 108 cm³/mol. The van der Waals surface area contributed by atoms with Crippen molar-refractivity contribution in [3.05, 3.63) is 83.2 Å². The monoisotopic (exact) mass is 359 g/mol. The highest BCUT2D eigenvalue weighted by Gasteiger charge is 2.11. The van der Waals surface area contributed by atoms with Crippen molar-refractivity contribution in [1.82, 2.24) is 4.98 Å². The number of aryl methyl sites for hydroxylation is 2. The molecule has 0 atom stereocenters. The van der Waals surface area contributed by atoms with Gasteiger partial charge in [0.2, 0.25) is 0 Å². The lowest BCUT2D eigenvalue weighted by Gasteiger charge is -2.13. The molecule has 0 fully saturated rings. The fraction of sp³-hybridized carbons (Fsp3) is 0.136. The molecule has 3 rings (SSSR count). The zero-order valence-corrected chi connectivity index (χ0v) is 15.5. The number of anilines is 3. The molecule has 1 heterocycles. The van der Waals surface area contributed by atoms with Crippen LogP contribution < -0.4 is 10.6 Å². The molecule has 27 heavy (non-hydrogen) atoms. The zero-order valence-electron chi connectivity index (χ0n) is 15.5. The molecular weight excluding hydrogens is 338 g/mol. The van der Waals surface area contributed by atoms with Crippen LogP contribution in [0.1, 0.15) is 38.9 Å². The molecule has 0 spiro atoms. The molecule has 2 aromatic carbocycles. The summed E-state index contributed by atoms with van der Waals surface area (Å²) in [6.07, 6.45) is 1.59. The fourth-order valence-electron chi connectivity index (χ4n) is 2.80. The largest absolute Gasteiger partial charge is 0.355 e. The average molecular weight is 359 g/mol. The molecule has 0 unspecified atom stereocenters. The number of carbonyl (C=O) groups excluding carboxylic acids is 2. The maximum Gasteiger partial charge on any atom is 0.274 e. The zero-order chi connectivity index (χ0) is 19.4. The summed E-state index contributed by atoms with van der Waals surface area (Å²) in [5, 5.41) is 6.14. The highest BCUT2D eigenvalue weighted by atomic mass is 16.2. The Morgan fingerprint density at radius 2 is 1.59 bits per heavy atom. The third kappa shape index (κ3) is 4.39. The number of hydrogen-bond acceptors (Lipinski definition) is 4. The molecule has 5 nitrogen and oxygen atoms in total. The molecule has 0 saturated heterocycles. The maximum atomic E-state index is 12.5. The summed E-state index contributed by atoms with van der Waals surface area (Å²) < 4.78 is 0. The van der Waals surface area contributed by atoms with Gasteiger partial charge in [-0.15, -0.1) is 0 Å². The lowest BCUT2D eigenvalue weighted by Crippen LogP contribution is -2.14. The first-order valence-electron chi connectivity index (χ1n) is 8.65. The van der Waals surface area contributed by atoms with Gasteiger partial charge in [0, 0.05) is 28.8 Å². The Labute approximate surface area is 158 Å². The van der Waals surface area contributed by atoms with Crippen LogP contribution in [0.15, 0.2) is 60.8 Å². The van der Waals surface area contributed by atoms with Crippen LogP contribution in [0.4, 0.5) is 17.1 Å². The van der Waals surface area contributed by atoms with Crippen molar-refractivity contribution in [3.8, 4) is 0 Å². The molecule has 0 saturated carbocycles. The van der Waals surface area contributed by atoms with E-state index in [1.54, 1.807) is 36.5 Å². The normalized spacial score (nSPS) is 10.3. The number of para-hydroxylation sites is 1. The van der Waals surface area contributed by atoms with Gasteiger partial charge in [-0.3, -0.25) is 14.6 Å². The number of hydrogen-bond donors (Lipinski definition) is 2. The molecule has 1 aromatic heterocycles. The number of pyridine rings is 1. The predicted octanol–water partition coefficient (Wildman–Crippen LogP) is 4.90. The van der Waals surface area contributed by atoms with E-state index in [4.69, 9.17) is 0 Å². The quantitative estimate of drug-likeness (QED) is 0.636. The van der Waals surface area contributed by atoms with Gasteiger partial charge in [-0.25, -0.2) is 0 Å². The summed E-state index contributed by atoms with van der Waals surface area (Å²) in [4.78, 5) is 28.2. The number of carbonyl (C=O) groups is 2. The van der Waals surface area contributed by atoms with Gasteiger partial charge in [-0.05, 0) is 56.2 Å². The SMILES string of the molecule is CC(=O)c1cccc(NC(=O)c2cc(Nc3c(C)cccc3C)ccn2)c1. The lowest BCUT2D eigenvalue weighted by atomic mass is 10.1. The van der Waals surface area contributed by atoms with E-state index in [2.05, 4.69) is 15.6 Å². The Hall–Kier alpha value is -3.47. The summed E-state index contributed by atoms with van der Waals surface area (Å²) >= 11 is 0. The number of Topliss-reactive ketones (excluding diaryl/α,β-unsaturated/α-hetero) is 1. The first-order valence-corrected chi connectivity index (χ1v) is 8.65. The minimum atomic E-state index is -0.333. The van der Waals surface area contributed by atoms with Gasteiger partial charge in [-0.2, -0.15) is 0 Å². The van der Waals surface area contributed by atoms with Gasteiger partial charge >= 0.3 is 0 Å². The third-order valence-corrected chi connectivity index (χ3v) is 4.27. The van der Waals surface area contributed by atoms with Crippen LogP contribution in [0, 0.1) is 13.8 Å². The smallest absolute Gasteiger partial charge is 0.274 e. The summed E-state index contributed by atoms with van der Waals surface area (Å²) in [5.41, 5.74) is 5.44. The van der Waals surface area contributed by atoms with E-state index in [0.717, 1.165) is 22.5 Å². The molecule has 0 aliphatic rings. The van der Waals surface area contributed by atoms with Crippen molar-refractivity contribution in [2.24, 2.45) is 0 Å². The van der Waals surface area contributed by atoms with Crippen LogP contribution in [0.5, 0.6) is 0 Å². The minimum Gasteiger partial charge on any atom is -0.355 e. The second-order valence-corrected chi connectivity index (χ2v) is 6.41. The van der Waals surface area contributed by atoms with E-state index in [9.17, 15) is 9.59 Å². The Morgan fingerprint density at radius 1 is 0.889 bits per heavy atom. The van der Waals surface area contributed by atoms with E-state index < -0.39 is 0 Å². The minimum absolute atomic E-state index is 0.0518.